The van der Waals surface area contributed by atoms with E-state index in [-0.39, 0.29) is 11.8 Å². The van der Waals surface area contributed by atoms with Crippen molar-refractivity contribution in [3.8, 4) is 0 Å². The molecule has 2 aliphatic heterocycles. The molecule has 0 atom stereocenters. The minimum Gasteiger partial charge on any atom is -0.371 e. The molecule has 2 aromatic rings. The third-order valence-electron chi connectivity index (χ3n) is 5.42. The van der Waals surface area contributed by atoms with Crippen molar-refractivity contribution in [1.29, 1.82) is 0 Å². The van der Waals surface area contributed by atoms with E-state index >= 15 is 0 Å². The summed E-state index contributed by atoms with van der Waals surface area (Å²) in [5.74, 6) is 0.0170. The van der Waals surface area contributed by atoms with E-state index in [0.29, 0.717) is 12.0 Å². The van der Waals surface area contributed by atoms with Crippen molar-refractivity contribution in [3.05, 3.63) is 53.6 Å². The number of amides is 2. The van der Waals surface area contributed by atoms with E-state index in [2.05, 4.69) is 23.2 Å². The molecule has 27 heavy (non-hydrogen) atoms. The molecule has 0 radical (unpaired) electrons. The SMILES string of the molecule is Cc1cc(NC(=O)c2ccc(N3CCCC3=O)cc2)ccc1N1CCCC1. The van der Waals surface area contributed by atoms with Crippen LogP contribution in [-0.2, 0) is 4.79 Å². The van der Waals surface area contributed by atoms with Gasteiger partial charge in [-0.15, -0.1) is 0 Å². The monoisotopic (exact) mass is 363 g/mol. The van der Waals surface area contributed by atoms with Crippen molar-refractivity contribution in [2.24, 2.45) is 0 Å². The Balaban J connectivity index is 1.44. The van der Waals surface area contributed by atoms with Crippen LogP contribution in [0.3, 0.4) is 0 Å². The summed E-state index contributed by atoms with van der Waals surface area (Å²) >= 11 is 0. The normalized spacial score (nSPS) is 16.9. The van der Waals surface area contributed by atoms with Crippen LogP contribution in [-0.4, -0.2) is 31.4 Å². The smallest absolute Gasteiger partial charge is 0.255 e. The molecule has 0 bridgehead atoms. The molecule has 2 saturated heterocycles. The minimum absolute atomic E-state index is 0.136. The van der Waals surface area contributed by atoms with Gasteiger partial charge in [0.25, 0.3) is 5.91 Å². The van der Waals surface area contributed by atoms with Crippen LogP contribution in [0, 0.1) is 6.92 Å². The van der Waals surface area contributed by atoms with Crippen molar-refractivity contribution in [2.45, 2.75) is 32.6 Å². The number of aryl methyl sites for hydroxylation is 1. The summed E-state index contributed by atoms with van der Waals surface area (Å²) in [6.07, 6.45) is 4.00. The standard InChI is InChI=1S/C22H25N3O2/c1-16-15-18(8-11-20(16)24-12-2-3-13-24)23-22(27)17-6-9-19(10-7-17)25-14-4-5-21(25)26/h6-11,15H,2-5,12-14H2,1H3,(H,23,27). The molecule has 2 aromatic carbocycles. The van der Waals surface area contributed by atoms with E-state index in [1.807, 2.05) is 24.3 Å². The number of carbonyl (C=O) groups is 2. The highest BCUT2D eigenvalue weighted by atomic mass is 16.2. The highest BCUT2D eigenvalue weighted by Crippen LogP contribution is 2.27. The van der Waals surface area contributed by atoms with Crippen molar-refractivity contribution in [1.82, 2.24) is 0 Å². The van der Waals surface area contributed by atoms with E-state index in [1.165, 1.54) is 24.1 Å². The zero-order chi connectivity index (χ0) is 18.8. The summed E-state index contributed by atoms with van der Waals surface area (Å²) in [5, 5.41) is 2.98. The maximum atomic E-state index is 12.6. The number of hydrogen-bond donors (Lipinski definition) is 1. The first-order valence-corrected chi connectivity index (χ1v) is 9.69. The Morgan fingerprint density at radius 1 is 0.963 bits per heavy atom. The largest absolute Gasteiger partial charge is 0.371 e. The average Bonchev–Trinajstić information content (AvgIpc) is 3.34. The molecule has 0 spiro atoms. The predicted molar refractivity (Wildman–Crippen MR) is 109 cm³/mol. The minimum atomic E-state index is -0.136. The lowest BCUT2D eigenvalue weighted by atomic mass is 10.1. The molecule has 0 unspecified atom stereocenters. The molecule has 140 valence electrons. The fourth-order valence-electron chi connectivity index (χ4n) is 3.96. The van der Waals surface area contributed by atoms with Crippen LogP contribution in [0.25, 0.3) is 0 Å². The van der Waals surface area contributed by atoms with Gasteiger partial charge in [-0.1, -0.05) is 0 Å². The second-order valence-corrected chi connectivity index (χ2v) is 7.35. The van der Waals surface area contributed by atoms with Gasteiger partial charge in [-0.25, -0.2) is 0 Å². The van der Waals surface area contributed by atoms with Crippen LogP contribution in [0.1, 0.15) is 41.6 Å². The number of benzene rings is 2. The summed E-state index contributed by atoms with van der Waals surface area (Å²) in [7, 11) is 0. The van der Waals surface area contributed by atoms with Gasteiger partial charge < -0.3 is 15.1 Å². The molecule has 5 heteroatoms. The van der Waals surface area contributed by atoms with Crippen molar-refractivity contribution >= 4 is 28.9 Å². The average molecular weight is 363 g/mol. The molecule has 1 N–H and O–H groups in total. The predicted octanol–water partition coefficient (Wildman–Crippen LogP) is 3.97. The Morgan fingerprint density at radius 3 is 2.33 bits per heavy atom. The first-order chi connectivity index (χ1) is 13.1. The Morgan fingerprint density at radius 2 is 1.70 bits per heavy atom. The summed E-state index contributed by atoms with van der Waals surface area (Å²) < 4.78 is 0. The highest BCUT2D eigenvalue weighted by Gasteiger charge is 2.21. The maximum Gasteiger partial charge on any atom is 0.255 e. The number of anilines is 3. The third-order valence-corrected chi connectivity index (χ3v) is 5.42. The van der Waals surface area contributed by atoms with Gasteiger partial charge >= 0.3 is 0 Å². The first kappa shape index (κ1) is 17.6. The van der Waals surface area contributed by atoms with Crippen LogP contribution < -0.4 is 15.1 Å². The summed E-state index contributed by atoms with van der Waals surface area (Å²) in [6.45, 7) is 5.06. The van der Waals surface area contributed by atoms with Crippen LogP contribution in [0.2, 0.25) is 0 Å². The number of carbonyl (C=O) groups excluding carboxylic acids is 2. The van der Waals surface area contributed by atoms with Gasteiger partial charge in [-0.3, -0.25) is 9.59 Å². The van der Waals surface area contributed by atoms with Crippen LogP contribution in [0.15, 0.2) is 42.5 Å². The molecule has 2 heterocycles. The highest BCUT2D eigenvalue weighted by molar-refractivity contribution is 6.05. The second-order valence-electron chi connectivity index (χ2n) is 7.35. The molecule has 0 saturated carbocycles. The zero-order valence-corrected chi connectivity index (χ0v) is 15.7. The number of rotatable bonds is 4. The lowest BCUT2D eigenvalue weighted by Gasteiger charge is -2.20. The van der Waals surface area contributed by atoms with Crippen molar-refractivity contribution < 1.29 is 9.59 Å². The molecule has 5 nitrogen and oxygen atoms in total. The van der Waals surface area contributed by atoms with Crippen LogP contribution >= 0.6 is 0 Å². The molecule has 0 aromatic heterocycles. The van der Waals surface area contributed by atoms with Gasteiger partial charge in [0.05, 0.1) is 0 Å². The van der Waals surface area contributed by atoms with E-state index in [0.717, 1.165) is 37.4 Å². The summed E-state index contributed by atoms with van der Waals surface area (Å²) in [5.41, 5.74) is 4.69. The fraction of sp³-hybridized carbons (Fsp3) is 0.364. The molecule has 4 rings (SSSR count). The van der Waals surface area contributed by atoms with Gasteiger partial charge in [0.15, 0.2) is 0 Å². The topological polar surface area (TPSA) is 52.7 Å². The van der Waals surface area contributed by atoms with E-state index in [1.54, 1.807) is 17.0 Å². The quantitative estimate of drug-likeness (QED) is 0.894. The van der Waals surface area contributed by atoms with Gasteiger partial charge in [0, 0.05) is 48.7 Å². The second kappa shape index (κ2) is 7.43. The first-order valence-electron chi connectivity index (χ1n) is 9.69. The Hall–Kier alpha value is -2.82. The van der Waals surface area contributed by atoms with Crippen molar-refractivity contribution in [3.63, 3.8) is 0 Å². The zero-order valence-electron chi connectivity index (χ0n) is 15.7. The number of nitrogens with one attached hydrogen (secondary N) is 1. The fourth-order valence-corrected chi connectivity index (χ4v) is 3.96. The molecule has 2 amide bonds. The van der Waals surface area contributed by atoms with Gasteiger partial charge in [0.1, 0.15) is 0 Å². The summed E-state index contributed by atoms with van der Waals surface area (Å²) in [6, 6.07) is 13.3. The Labute approximate surface area is 160 Å². The van der Waals surface area contributed by atoms with Gasteiger partial charge in [-0.05, 0) is 74.2 Å². The number of hydrogen-bond acceptors (Lipinski definition) is 3. The molecule has 2 fully saturated rings. The van der Waals surface area contributed by atoms with Crippen LogP contribution in [0.4, 0.5) is 17.1 Å². The Bertz CT molecular complexity index is 854. The third kappa shape index (κ3) is 3.68. The molecular formula is C22H25N3O2. The molecule has 0 aliphatic carbocycles. The van der Waals surface area contributed by atoms with E-state index in [4.69, 9.17) is 0 Å². The molecular weight excluding hydrogens is 338 g/mol. The van der Waals surface area contributed by atoms with E-state index in [9.17, 15) is 9.59 Å². The van der Waals surface area contributed by atoms with Crippen molar-refractivity contribution in [2.75, 3.05) is 34.8 Å². The summed E-state index contributed by atoms with van der Waals surface area (Å²) in [4.78, 5) is 28.6. The maximum absolute atomic E-state index is 12.6. The lowest BCUT2D eigenvalue weighted by Crippen LogP contribution is -2.23. The van der Waals surface area contributed by atoms with Gasteiger partial charge in [0.2, 0.25) is 5.91 Å². The Kier molecular flexibility index (Phi) is 4.84. The molecule has 2 aliphatic rings. The van der Waals surface area contributed by atoms with Gasteiger partial charge in [-0.2, -0.15) is 0 Å². The van der Waals surface area contributed by atoms with Crippen LogP contribution in [0.5, 0.6) is 0 Å². The van der Waals surface area contributed by atoms with E-state index < -0.39 is 0 Å². The number of nitrogens with zero attached hydrogens (tertiary/aromatic N) is 2. The lowest BCUT2D eigenvalue weighted by molar-refractivity contribution is -0.117.